The molecule has 1 aromatic rings. The van der Waals surface area contributed by atoms with Crippen LogP contribution in [0.2, 0.25) is 0 Å². The Labute approximate surface area is 132 Å². The third-order valence-electron chi connectivity index (χ3n) is 4.46. The van der Waals surface area contributed by atoms with E-state index in [1.54, 1.807) is 0 Å². The van der Waals surface area contributed by atoms with Crippen molar-refractivity contribution in [2.75, 3.05) is 7.11 Å². The van der Waals surface area contributed by atoms with Crippen molar-refractivity contribution in [1.82, 2.24) is 5.32 Å². The van der Waals surface area contributed by atoms with Crippen LogP contribution in [0.1, 0.15) is 43.2 Å². The van der Waals surface area contributed by atoms with Gasteiger partial charge >= 0.3 is 5.97 Å². The van der Waals surface area contributed by atoms with Gasteiger partial charge in [-0.05, 0) is 36.8 Å². The maximum absolute atomic E-state index is 12.2. The number of carbonyl (C=O) groups excluding carboxylic acids is 2. The van der Waals surface area contributed by atoms with Gasteiger partial charge < -0.3 is 10.1 Å². The fourth-order valence-electron chi connectivity index (χ4n) is 3.12. The molecule has 0 aliphatic heterocycles. The first-order valence-corrected chi connectivity index (χ1v) is 8.02. The first-order chi connectivity index (χ1) is 10.6. The van der Waals surface area contributed by atoms with Crippen LogP contribution in [0.4, 0.5) is 0 Å². The second-order valence-corrected chi connectivity index (χ2v) is 6.13. The Hall–Kier alpha value is -1.84. The zero-order valence-corrected chi connectivity index (χ0v) is 13.4. The third-order valence-corrected chi connectivity index (χ3v) is 4.46. The molecule has 1 atom stereocenters. The van der Waals surface area contributed by atoms with E-state index in [0.29, 0.717) is 18.8 Å². The average molecular weight is 303 g/mol. The van der Waals surface area contributed by atoms with Crippen LogP contribution in [0.15, 0.2) is 24.3 Å². The van der Waals surface area contributed by atoms with Crippen molar-refractivity contribution >= 4 is 11.9 Å². The predicted molar refractivity (Wildman–Crippen MR) is 85.4 cm³/mol. The molecule has 0 radical (unpaired) electrons. The Morgan fingerprint density at radius 3 is 2.59 bits per heavy atom. The number of rotatable bonds is 6. The number of aryl methyl sites for hydroxylation is 1. The largest absolute Gasteiger partial charge is 0.467 e. The summed E-state index contributed by atoms with van der Waals surface area (Å²) in [4.78, 5) is 24.1. The van der Waals surface area contributed by atoms with Crippen molar-refractivity contribution < 1.29 is 14.3 Å². The molecular weight excluding hydrogens is 278 g/mol. The summed E-state index contributed by atoms with van der Waals surface area (Å²) in [7, 11) is 1.36. The van der Waals surface area contributed by atoms with E-state index in [1.807, 2.05) is 31.2 Å². The van der Waals surface area contributed by atoms with Crippen LogP contribution in [-0.2, 0) is 20.7 Å². The van der Waals surface area contributed by atoms with Crippen molar-refractivity contribution in [3.8, 4) is 0 Å². The van der Waals surface area contributed by atoms with Crippen molar-refractivity contribution in [3.05, 3.63) is 35.4 Å². The molecule has 4 heteroatoms. The number of ether oxygens (including phenoxy) is 1. The molecule has 1 N–H and O–H groups in total. The minimum absolute atomic E-state index is 0.0455. The SMILES string of the molecule is COC(=O)[C@@H](Cc1ccccc1C)NC(=O)CC1CCCC1. The summed E-state index contributed by atoms with van der Waals surface area (Å²) < 4.78 is 4.84. The zero-order chi connectivity index (χ0) is 15.9. The number of esters is 1. The Morgan fingerprint density at radius 1 is 1.27 bits per heavy atom. The summed E-state index contributed by atoms with van der Waals surface area (Å²) in [5.41, 5.74) is 2.17. The van der Waals surface area contributed by atoms with Gasteiger partial charge in [0.05, 0.1) is 7.11 Å². The molecule has 0 aromatic heterocycles. The molecule has 0 heterocycles. The minimum atomic E-state index is -0.611. The van der Waals surface area contributed by atoms with Crippen LogP contribution in [0.5, 0.6) is 0 Å². The van der Waals surface area contributed by atoms with Crippen LogP contribution in [0.3, 0.4) is 0 Å². The molecule has 1 fully saturated rings. The molecule has 1 aliphatic carbocycles. The number of nitrogens with one attached hydrogen (secondary N) is 1. The molecule has 1 aliphatic rings. The lowest BCUT2D eigenvalue weighted by Crippen LogP contribution is -2.43. The Kier molecular flexibility index (Phi) is 5.99. The molecule has 1 saturated carbocycles. The number of hydrogen-bond acceptors (Lipinski definition) is 3. The van der Waals surface area contributed by atoms with Crippen LogP contribution >= 0.6 is 0 Å². The summed E-state index contributed by atoms with van der Waals surface area (Å²) >= 11 is 0. The van der Waals surface area contributed by atoms with Gasteiger partial charge in [-0.15, -0.1) is 0 Å². The first kappa shape index (κ1) is 16.5. The number of benzene rings is 1. The van der Waals surface area contributed by atoms with Crippen LogP contribution in [-0.4, -0.2) is 25.0 Å². The highest BCUT2D eigenvalue weighted by Crippen LogP contribution is 2.27. The lowest BCUT2D eigenvalue weighted by atomic mass is 10.00. The highest BCUT2D eigenvalue weighted by Gasteiger charge is 2.25. The summed E-state index contributed by atoms with van der Waals surface area (Å²) in [6, 6.07) is 7.28. The van der Waals surface area contributed by atoms with Gasteiger partial charge in [0.15, 0.2) is 0 Å². The maximum Gasteiger partial charge on any atom is 0.328 e. The molecule has 2 rings (SSSR count). The third kappa shape index (κ3) is 4.58. The van der Waals surface area contributed by atoms with Gasteiger partial charge in [0.25, 0.3) is 0 Å². The fraction of sp³-hybridized carbons (Fsp3) is 0.556. The molecule has 0 spiro atoms. The highest BCUT2D eigenvalue weighted by molar-refractivity contribution is 5.84. The van der Waals surface area contributed by atoms with E-state index in [0.717, 1.165) is 24.0 Å². The van der Waals surface area contributed by atoms with E-state index in [9.17, 15) is 9.59 Å². The molecule has 0 unspecified atom stereocenters. The van der Waals surface area contributed by atoms with Crippen molar-refractivity contribution in [2.45, 2.75) is 51.5 Å². The second-order valence-electron chi connectivity index (χ2n) is 6.13. The first-order valence-electron chi connectivity index (χ1n) is 8.02. The summed E-state index contributed by atoms with van der Waals surface area (Å²) in [5, 5.41) is 2.86. The molecule has 1 amide bonds. The van der Waals surface area contributed by atoms with E-state index in [2.05, 4.69) is 5.32 Å². The van der Waals surface area contributed by atoms with Gasteiger partial charge in [0, 0.05) is 12.8 Å². The smallest absolute Gasteiger partial charge is 0.328 e. The lowest BCUT2D eigenvalue weighted by molar-refractivity contribution is -0.145. The molecule has 4 nitrogen and oxygen atoms in total. The Bertz CT molecular complexity index is 521. The molecule has 0 bridgehead atoms. The topological polar surface area (TPSA) is 55.4 Å². The number of amides is 1. The molecule has 22 heavy (non-hydrogen) atoms. The summed E-state index contributed by atoms with van der Waals surface area (Å²) in [5.74, 6) is 0.0377. The summed E-state index contributed by atoms with van der Waals surface area (Å²) in [6.45, 7) is 2.00. The van der Waals surface area contributed by atoms with Crippen LogP contribution < -0.4 is 5.32 Å². The van der Waals surface area contributed by atoms with Gasteiger partial charge in [-0.2, -0.15) is 0 Å². The summed E-state index contributed by atoms with van der Waals surface area (Å²) in [6.07, 6.45) is 5.64. The quantitative estimate of drug-likeness (QED) is 0.822. The Balaban J connectivity index is 1.98. The van der Waals surface area contributed by atoms with Gasteiger partial charge in [-0.3, -0.25) is 4.79 Å². The van der Waals surface area contributed by atoms with E-state index >= 15 is 0 Å². The molecule has 0 saturated heterocycles. The Morgan fingerprint density at radius 2 is 1.95 bits per heavy atom. The standard InChI is InChI=1S/C18H25NO3/c1-13-7-3-6-10-15(13)12-16(18(21)22-2)19-17(20)11-14-8-4-5-9-14/h3,6-7,10,14,16H,4-5,8-9,11-12H2,1-2H3,(H,19,20)/t16-/m1/s1. The van der Waals surface area contributed by atoms with E-state index in [4.69, 9.17) is 4.74 Å². The fourth-order valence-corrected chi connectivity index (χ4v) is 3.12. The number of methoxy groups -OCH3 is 1. The maximum atomic E-state index is 12.2. The van der Waals surface area contributed by atoms with Crippen molar-refractivity contribution in [2.24, 2.45) is 5.92 Å². The molecule has 120 valence electrons. The zero-order valence-electron chi connectivity index (χ0n) is 13.4. The van der Waals surface area contributed by atoms with Crippen molar-refractivity contribution in [3.63, 3.8) is 0 Å². The monoisotopic (exact) mass is 303 g/mol. The lowest BCUT2D eigenvalue weighted by Gasteiger charge is -2.19. The second kappa shape index (κ2) is 7.97. The number of carbonyl (C=O) groups is 2. The van der Waals surface area contributed by atoms with Gasteiger partial charge in [0.1, 0.15) is 6.04 Å². The van der Waals surface area contributed by atoms with Crippen molar-refractivity contribution in [1.29, 1.82) is 0 Å². The average Bonchev–Trinajstić information content (AvgIpc) is 3.00. The van der Waals surface area contributed by atoms with Gasteiger partial charge in [0.2, 0.25) is 5.91 Å². The predicted octanol–water partition coefficient (Wildman–Crippen LogP) is 2.78. The van der Waals surface area contributed by atoms with E-state index in [-0.39, 0.29) is 11.9 Å². The van der Waals surface area contributed by atoms with E-state index in [1.165, 1.54) is 20.0 Å². The normalized spacial score (nSPS) is 16.3. The highest BCUT2D eigenvalue weighted by atomic mass is 16.5. The van der Waals surface area contributed by atoms with Gasteiger partial charge in [-0.25, -0.2) is 4.79 Å². The van der Waals surface area contributed by atoms with Gasteiger partial charge in [-0.1, -0.05) is 37.1 Å². The molecule has 1 aromatic carbocycles. The van der Waals surface area contributed by atoms with E-state index < -0.39 is 6.04 Å². The molecular formula is C18H25NO3. The van der Waals surface area contributed by atoms with Crippen LogP contribution in [0, 0.1) is 12.8 Å². The van der Waals surface area contributed by atoms with Crippen LogP contribution in [0.25, 0.3) is 0 Å². The minimum Gasteiger partial charge on any atom is -0.467 e. The number of hydrogen-bond donors (Lipinski definition) is 1.